The number of carbonyl (C=O) groups is 2. The average molecular weight is 494 g/mol. The Morgan fingerprint density at radius 3 is 2.81 bits per heavy atom. The van der Waals surface area contributed by atoms with Gasteiger partial charge in [-0.1, -0.05) is 0 Å². The number of aryl methyl sites for hydroxylation is 2. The Kier molecular flexibility index (Phi) is 6.15. The molecule has 3 aromatic rings. The number of halogens is 1. The minimum absolute atomic E-state index is 0.0259. The number of ether oxygens (including phenoxy) is 1. The lowest BCUT2D eigenvalue weighted by Gasteiger charge is -2.39. The third kappa shape index (κ3) is 4.52. The van der Waals surface area contributed by atoms with Crippen molar-refractivity contribution in [3.05, 3.63) is 53.1 Å². The zero-order valence-corrected chi connectivity index (χ0v) is 20.5. The maximum atomic E-state index is 14.3. The highest BCUT2D eigenvalue weighted by Gasteiger charge is 2.54. The van der Waals surface area contributed by atoms with Crippen molar-refractivity contribution in [1.29, 1.82) is 0 Å². The molecule has 4 heterocycles. The number of nitrogens with one attached hydrogen (secondary N) is 2. The van der Waals surface area contributed by atoms with Gasteiger partial charge in [0.25, 0.3) is 5.91 Å². The highest BCUT2D eigenvalue weighted by molar-refractivity contribution is 5.94. The summed E-state index contributed by atoms with van der Waals surface area (Å²) >= 11 is 0. The second kappa shape index (κ2) is 9.29. The standard InChI is InChI=1S/C25H28FN7O3/c1-14-11-27-15(2)21(30-14)13-29-23(34)16-4-7-33(25(10-16)5-6-25)24(35)20-9-19(31-32-20)17-8-22(36-3)28-12-18(17)26/h8-9,11-12,16H,4-7,10,13H2,1-3H3,(H,29,34)(H,31,32)/t16-/m0/s1. The number of methoxy groups -OCH3 is 1. The average Bonchev–Trinajstić information content (AvgIpc) is 3.45. The molecular weight excluding hydrogens is 465 g/mol. The van der Waals surface area contributed by atoms with Crippen LogP contribution in [-0.2, 0) is 11.3 Å². The molecule has 11 heteroatoms. The second-order valence-electron chi connectivity index (χ2n) is 9.51. The van der Waals surface area contributed by atoms with Crippen LogP contribution in [0, 0.1) is 25.6 Å². The zero-order chi connectivity index (χ0) is 25.4. The van der Waals surface area contributed by atoms with Crippen LogP contribution in [0.2, 0.25) is 0 Å². The lowest BCUT2D eigenvalue weighted by atomic mass is 9.88. The number of hydrogen-bond acceptors (Lipinski definition) is 7. The van der Waals surface area contributed by atoms with Gasteiger partial charge in [-0.3, -0.25) is 24.7 Å². The van der Waals surface area contributed by atoms with Gasteiger partial charge in [-0.25, -0.2) is 9.37 Å². The molecule has 0 radical (unpaired) electrons. The number of aromatic amines is 1. The first-order valence-corrected chi connectivity index (χ1v) is 11.9. The van der Waals surface area contributed by atoms with Crippen LogP contribution in [0.5, 0.6) is 5.88 Å². The fraction of sp³-hybridized carbons (Fsp3) is 0.440. The van der Waals surface area contributed by atoms with Gasteiger partial charge < -0.3 is 15.0 Å². The maximum Gasteiger partial charge on any atom is 0.272 e. The van der Waals surface area contributed by atoms with Gasteiger partial charge in [0.15, 0.2) is 5.82 Å². The number of piperidine rings is 1. The van der Waals surface area contributed by atoms with Gasteiger partial charge in [0.05, 0.1) is 42.6 Å². The fourth-order valence-corrected chi connectivity index (χ4v) is 4.86. The van der Waals surface area contributed by atoms with E-state index in [1.807, 2.05) is 18.7 Å². The van der Waals surface area contributed by atoms with Gasteiger partial charge in [-0.2, -0.15) is 5.10 Å². The predicted octanol–water partition coefficient (Wildman–Crippen LogP) is 2.73. The van der Waals surface area contributed by atoms with Crippen molar-refractivity contribution in [2.45, 2.75) is 51.6 Å². The number of aromatic nitrogens is 5. The molecule has 36 heavy (non-hydrogen) atoms. The Morgan fingerprint density at radius 2 is 2.06 bits per heavy atom. The monoisotopic (exact) mass is 493 g/mol. The van der Waals surface area contributed by atoms with Crippen molar-refractivity contribution in [3.63, 3.8) is 0 Å². The van der Waals surface area contributed by atoms with Crippen LogP contribution in [0.3, 0.4) is 0 Å². The molecule has 2 fully saturated rings. The van der Waals surface area contributed by atoms with Gasteiger partial charge in [0, 0.05) is 35.8 Å². The minimum Gasteiger partial charge on any atom is -0.481 e. The highest BCUT2D eigenvalue weighted by atomic mass is 19.1. The van der Waals surface area contributed by atoms with Crippen LogP contribution in [0.25, 0.3) is 11.3 Å². The molecule has 10 nitrogen and oxygen atoms in total. The van der Waals surface area contributed by atoms with Crippen molar-refractivity contribution < 1.29 is 18.7 Å². The molecule has 1 aliphatic carbocycles. The predicted molar refractivity (Wildman–Crippen MR) is 127 cm³/mol. The van der Waals surface area contributed by atoms with E-state index < -0.39 is 5.82 Å². The summed E-state index contributed by atoms with van der Waals surface area (Å²) < 4.78 is 19.4. The summed E-state index contributed by atoms with van der Waals surface area (Å²) in [7, 11) is 1.44. The van der Waals surface area contributed by atoms with E-state index >= 15 is 0 Å². The molecule has 1 aliphatic heterocycles. The summed E-state index contributed by atoms with van der Waals surface area (Å²) in [6.07, 6.45) is 5.64. The Bertz CT molecular complexity index is 1320. The summed E-state index contributed by atoms with van der Waals surface area (Å²) in [4.78, 5) is 40.8. The van der Waals surface area contributed by atoms with E-state index in [0.717, 1.165) is 36.1 Å². The molecule has 0 aromatic carbocycles. The number of pyridine rings is 1. The normalized spacial score (nSPS) is 18.2. The molecule has 2 amide bonds. The first-order chi connectivity index (χ1) is 17.3. The van der Waals surface area contributed by atoms with E-state index in [0.29, 0.717) is 31.6 Å². The van der Waals surface area contributed by atoms with Crippen molar-refractivity contribution >= 4 is 11.8 Å². The van der Waals surface area contributed by atoms with Crippen LogP contribution >= 0.6 is 0 Å². The Hall–Kier alpha value is -3.89. The fourth-order valence-electron chi connectivity index (χ4n) is 4.86. The molecule has 5 rings (SSSR count). The Balaban J connectivity index is 1.25. The first-order valence-electron chi connectivity index (χ1n) is 11.9. The minimum atomic E-state index is -0.557. The third-order valence-electron chi connectivity index (χ3n) is 7.07. The smallest absolute Gasteiger partial charge is 0.272 e. The molecule has 2 aliphatic rings. The van der Waals surface area contributed by atoms with E-state index in [9.17, 15) is 14.0 Å². The quantitative estimate of drug-likeness (QED) is 0.541. The molecule has 1 saturated carbocycles. The molecule has 1 atom stereocenters. The largest absolute Gasteiger partial charge is 0.481 e. The molecule has 188 valence electrons. The summed E-state index contributed by atoms with van der Waals surface area (Å²) in [5.74, 6) is -0.702. The van der Waals surface area contributed by atoms with E-state index in [2.05, 4.69) is 30.5 Å². The molecule has 2 N–H and O–H groups in total. The molecular formula is C25H28FN7O3. The van der Waals surface area contributed by atoms with Gasteiger partial charge in [0.2, 0.25) is 11.8 Å². The Labute approximate surface area is 207 Å². The van der Waals surface area contributed by atoms with E-state index in [1.165, 1.54) is 13.2 Å². The van der Waals surface area contributed by atoms with Gasteiger partial charge in [0.1, 0.15) is 5.69 Å². The van der Waals surface area contributed by atoms with E-state index in [1.54, 1.807) is 12.3 Å². The summed E-state index contributed by atoms with van der Waals surface area (Å²) in [6.45, 7) is 4.54. The lowest BCUT2D eigenvalue weighted by Crippen LogP contribution is -2.50. The van der Waals surface area contributed by atoms with E-state index in [4.69, 9.17) is 4.74 Å². The van der Waals surface area contributed by atoms with E-state index in [-0.39, 0.29) is 40.4 Å². The third-order valence-corrected chi connectivity index (χ3v) is 7.07. The SMILES string of the molecule is COc1cc(-c2cc(C(=O)N3CC[C@H](C(=O)NCc4nc(C)cnc4C)CC34CC4)[nH]n2)c(F)cn1. The van der Waals surface area contributed by atoms with Crippen molar-refractivity contribution in [1.82, 2.24) is 35.4 Å². The lowest BCUT2D eigenvalue weighted by molar-refractivity contribution is -0.127. The highest BCUT2D eigenvalue weighted by Crippen LogP contribution is 2.50. The summed E-state index contributed by atoms with van der Waals surface area (Å²) in [5.41, 5.74) is 2.81. The number of likely N-dealkylation sites (tertiary alicyclic amines) is 1. The van der Waals surface area contributed by atoms with Gasteiger partial charge in [-0.15, -0.1) is 0 Å². The summed E-state index contributed by atoms with van der Waals surface area (Å²) in [5, 5.41) is 9.90. The van der Waals surface area contributed by atoms with Crippen LogP contribution in [0.15, 0.2) is 24.5 Å². The van der Waals surface area contributed by atoms with Crippen molar-refractivity contribution in [2.24, 2.45) is 5.92 Å². The van der Waals surface area contributed by atoms with Crippen LogP contribution < -0.4 is 10.1 Å². The number of rotatable bonds is 6. The zero-order valence-electron chi connectivity index (χ0n) is 20.5. The summed E-state index contributed by atoms with van der Waals surface area (Å²) in [6, 6.07) is 2.98. The van der Waals surface area contributed by atoms with Crippen molar-refractivity contribution in [2.75, 3.05) is 13.7 Å². The number of H-pyrrole nitrogens is 1. The first kappa shape index (κ1) is 23.8. The molecule has 0 unspecified atom stereocenters. The van der Waals surface area contributed by atoms with Gasteiger partial charge in [-0.05, 0) is 45.6 Å². The second-order valence-corrected chi connectivity index (χ2v) is 9.51. The number of amides is 2. The van der Waals surface area contributed by atoms with Crippen molar-refractivity contribution in [3.8, 4) is 17.1 Å². The molecule has 0 bridgehead atoms. The van der Waals surface area contributed by atoms with Crippen LogP contribution in [0.4, 0.5) is 4.39 Å². The number of hydrogen-bond donors (Lipinski definition) is 2. The van der Waals surface area contributed by atoms with Gasteiger partial charge >= 0.3 is 0 Å². The molecule has 1 saturated heterocycles. The molecule has 1 spiro atoms. The van der Waals surface area contributed by atoms with Crippen LogP contribution in [-0.4, -0.2) is 61.1 Å². The number of carbonyl (C=O) groups excluding carboxylic acids is 2. The van der Waals surface area contributed by atoms with Crippen LogP contribution in [0.1, 0.15) is 53.3 Å². The maximum absolute atomic E-state index is 14.3. The Morgan fingerprint density at radius 1 is 1.25 bits per heavy atom. The molecule has 3 aromatic heterocycles. The topological polar surface area (TPSA) is 126 Å². The number of nitrogens with zero attached hydrogens (tertiary/aromatic N) is 5.